The van der Waals surface area contributed by atoms with Gasteiger partial charge in [0.1, 0.15) is 13.2 Å². The van der Waals surface area contributed by atoms with Crippen molar-refractivity contribution in [1.82, 2.24) is 0 Å². The van der Waals surface area contributed by atoms with Crippen molar-refractivity contribution in [3.63, 3.8) is 0 Å². The molecule has 82 heavy (non-hydrogen) atoms. The Morgan fingerprint density at radius 3 is 0.768 bits per heavy atom. The monoisotopic (exact) mass is 1150 g/mol. The van der Waals surface area contributed by atoms with Gasteiger partial charge in [0.2, 0.25) is 0 Å². The fraction of sp³-hybridized carbons (Fsp3) is 0.803. The number of carbonyl (C=O) groups excluding carboxylic acids is 3. The summed E-state index contributed by atoms with van der Waals surface area (Å²) in [6.07, 6.45) is 92.2. The zero-order chi connectivity index (χ0) is 59.2. The van der Waals surface area contributed by atoms with Crippen LogP contribution >= 0.6 is 0 Å². The molecule has 0 aliphatic carbocycles. The number of rotatable bonds is 66. The smallest absolute Gasteiger partial charge is 0.306 e. The van der Waals surface area contributed by atoms with E-state index in [0.717, 1.165) is 103 Å². The van der Waals surface area contributed by atoms with E-state index in [-0.39, 0.29) is 31.1 Å². The van der Waals surface area contributed by atoms with Crippen LogP contribution in [0.5, 0.6) is 0 Å². The highest BCUT2D eigenvalue weighted by Crippen LogP contribution is 2.18. The molecule has 0 fully saturated rings. The van der Waals surface area contributed by atoms with E-state index in [0.29, 0.717) is 19.3 Å². The fourth-order valence-electron chi connectivity index (χ4n) is 10.6. The minimum absolute atomic E-state index is 0.0758. The number of unbranched alkanes of at least 4 members (excludes halogenated alkanes) is 43. The van der Waals surface area contributed by atoms with Crippen LogP contribution in [0.15, 0.2) is 72.9 Å². The molecule has 0 radical (unpaired) electrons. The van der Waals surface area contributed by atoms with E-state index >= 15 is 0 Å². The van der Waals surface area contributed by atoms with Gasteiger partial charge >= 0.3 is 17.9 Å². The van der Waals surface area contributed by atoms with E-state index in [4.69, 9.17) is 14.2 Å². The van der Waals surface area contributed by atoms with E-state index in [1.807, 2.05) is 0 Å². The van der Waals surface area contributed by atoms with Gasteiger partial charge in [-0.15, -0.1) is 0 Å². The molecule has 6 nitrogen and oxygen atoms in total. The summed E-state index contributed by atoms with van der Waals surface area (Å²) >= 11 is 0. The van der Waals surface area contributed by atoms with Gasteiger partial charge < -0.3 is 14.2 Å². The molecule has 0 aromatic heterocycles. The molecule has 1 unspecified atom stereocenters. The summed E-state index contributed by atoms with van der Waals surface area (Å²) in [7, 11) is 0. The van der Waals surface area contributed by atoms with Crippen molar-refractivity contribution in [2.45, 2.75) is 380 Å². The van der Waals surface area contributed by atoms with Crippen LogP contribution in [-0.2, 0) is 28.6 Å². The molecule has 6 heteroatoms. The molecule has 1 atom stereocenters. The predicted molar refractivity (Wildman–Crippen MR) is 358 cm³/mol. The van der Waals surface area contributed by atoms with Crippen LogP contribution in [0.3, 0.4) is 0 Å². The quantitative estimate of drug-likeness (QED) is 0.0261. The third kappa shape index (κ3) is 67.6. The van der Waals surface area contributed by atoms with Crippen LogP contribution in [0.25, 0.3) is 0 Å². The van der Waals surface area contributed by atoms with E-state index in [9.17, 15) is 14.4 Å². The molecule has 0 aromatic carbocycles. The zero-order valence-electron chi connectivity index (χ0n) is 54.8. The third-order valence-electron chi connectivity index (χ3n) is 15.9. The first-order chi connectivity index (χ1) is 40.5. The van der Waals surface area contributed by atoms with Crippen LogP contribution in [0, 0.1) is 0 Å². The van der Waals surface area contributed by atoms with Crippen LogP contribution in [0.4, 0.5) is 0 Å². The van der Waals surface area contributed by atoms with E-state index in [1.54, 1.807) is 0 Å². The number of allylic oxidation sites excluding steroid dienone is 12. The molecule has 0 aliphatic rings. The maximum atomic E-state index is 13.0. The maximum absolute atomic E-state index is 13.0. The number of esters is 3. The second-order valence-electron chi connectivity index (χ2n) is 24.1. The first-order valence-electron chi connectivity index (χ1n) is 35.9. The molecular weight excluding hydrogens is 1010 g/mol. The Kier molecular flexibility index (Phi) is 67.6. The second-order valence-corrected chi connectivity index (χ2v) is 24.1. The summed E-state index contributed by atoms with van der Waals surface area (Å²) in [5.74, 6) is -0.866. The highest BCUT2D eigenvalue weighted by Gasteiger charge is 2.19. The van der Waals surface area contributed by atoms with E-state index in [1.165, 1.54) is 231 Å². The normalized spacial score (nSPS) is 12.5. The summed E-state index contributed by atoms with van der Waals surface area (Å²) < 4.78 is 17.0. The summed E-state index contributed by atoms with van der Waals surface area (Å²) in [4.78, 5) is 38.5. The lowest BCUT2D eigenvalue weighted by Gasteiger charge is -2.18. The van der Waals surface area contributed by atoms with E-state index in [2.05, 4.69) is 93.7 Å². The first-order valence-corrected chi connectivity index (χ1v) is 35.9. The summed E-state index contributed by atoms with van der Waals surface area (Å²) in [6.45, 7) is 6.55. The largest absolute Gasteiger partial charge is 0.462 e. The third-order valence-corrected chi connectivity index (χ3v) is 15.9. The molecular formula is C76H136O6. The molecule has 0 aromatic rings. The van der Waals surface area contributed by atoms with Gasteiger partial charge in [-0.3, -0.25) is 14.4 Å². The van der Waals surface area contributed by atoms with Gasteiger partial charge in [-0.05, 0) is 89.9 Å². The van der Waals surface area contributed by atoms with Crippen LogP contribution in [-0.4, -0.2) is 37.2 Å². The van der Waals surface area contributed by atoms with Gasteiger partial charge in [0, 0.05) is 19.3 Å². The lowest BCUT2D eigenvalue weighted by molar-refractivity contribution is -0.167. The lowest BCUT2D eigenvalue weighted by Crippen LogP contribution is -2.30. The fourth-order valence-corrected chi connectivity index (χ4v) is 10.6. The average Bonchev–Trinajstić information content (AvgIpc) is 3.47. The van der Waals surface area contributed by atoms with E-state index < -0.39 is 6.10 Å². The molecule has 0 aliphatic heterocycles. The van der Waals surface area contributed by atoms with Gasteiger partial charge in [0.05, 0.1) is 0 Å². The van der Waals surface area contributed by atoms with Gasteiger partial charge in [-0.1, -0.05) is 338 Å². The van der Waals surface area contributed by atoms with Crippen molar-refractivity contribution < 1.29 is 28.6 Å². The van der Waals surface area contributed by atoms with Gasteiger partial charge in [-0.2, -0.15) is 0 Å². The number of ether oxygens (including phenoxy) is 3. The lowest BCUT2D eigenvalue weighted by atomic mass is 10.0. The summed E-state index contributed by atoms with van der Waals surface area (Å²) in [6, 6.07) is 0. The number of hydrogen-bond donors (Lipinski definition) is 0. The first kappa shape index (κ1) is 78.8. The molecule has 0 heterocycles. The van der Waals surface area contributed by atoms with Gasteiger partial charge in [0.25, 0.3) is 0 Å². The van der Waals surface area contributed by atoms with Crippen molar-refractivity contribution in [3.8, 4) is 0 Å². The summed E-state index contributed by atoms with van der Waals surface area (Å²) in [5.41, 5.74) is 0. The zero-order valence-corrected chi connectivity index (χ0v) is 54.8. The standard InChI is InChI=1S/C76H136O6/c1-4-7-10-13-16-19-22-25-28-30-32-34-36-37-38-39-40-42-43-45-48-51-54-57-60-63-66-69-75(78)81-72-73(71-80-74(77)68-65-62-59-56-53-50-47-27-24-21-18-15-12-9-6-3)82-76(79)70-67-64-61-58-55-52-49-46-44-41-35-33-31-29-26-23-20-17-14-11-8-5-2/h7,10,16,18-19,21,25,27-28,32,34,47,73H,4-6,8-9,11-15,17,20,22-24,26,29-31,33,35-46,48-72H2,1-3H3/b10-7-,19-16-,21-18-,28-25-,34-32-,47-27-. The second kappa shape index (κ2) is 70.3. The molecule has 476 valence electrons. The molecule has 0 bridgehead atoms. The van der Waals surface area contributed by atoms with Crippen LogP contribution in [0.2, 0.25) is 0 Å². The Morgan fingerprint density at radius 2 is 0.476 bits per heavy atom. The Morgan fingerprint density at radius 1 is 0.256 bits per heavy atom. The van der Waals surface area contributed by atoms with Gasteiger partial charge in [0.15, 0.2) is 6.10 Å². The van der Waals surface area contributed by atoms with Crippen molar-refractivity contribution in [1.29, 1.82) is 0 Å². The Hall–Kier alpha value is -3.15. The molecule has 0 saturated carbocycles. The Bertz CT molecular complexity index is 1500. The topological polar surface area (TPSA) is 78.9 Å². The van der Waals surface area contributed by atoms with Crippen molar-refractivity contribution >= 4 is 17.9 Å². The SMILES string of the molecule is CC/C=C\C/C=C\C/C=C\C/C=C\CCCCCCCCCCCCCCCCC(=O)OCC(COC(=O)CCCCCCC/C=C\C/C=C\CCCCC)OC(=O)CCCCCCCCCCCCCCCCCCCCCCCC. The predicted octanol–water partition coefficient (Wildman–Crippen LogP) is 24.8. The number of hydrogen-bond acceptors (Lipinski definition) is 6. The summed E-state index contributed by atoms with van der Waals surface area (Å²) in [5, 5.41) is 0. The minimum Gasteiger partial charge on any atom is -0.462 e. The van der Waals surface area contributed by atoms with Crippen molar-refractivity contribution in [2.24, 2.45) is 0 Å². The van der Waals surface area contributed by atoms with Crippen LogP contribution in [0.1, 0.15) is 374 Å². The average molecular weight is 1150 g/mol. The molecule has 0 saturated heterocycles. The minimum atomic E-state index is -0.781. The Balaban J connectivity index is 4.28. The van der Waals surface area contributed by atoms with Crippen molar-refractivity contribution in [2.75, 3.05) is 13.2 Å². The molecule has 0 rings (SSSR count). The van der Waals surface area contributed by atoms with Crippen molar-refractivity contribution in [3.05, 3.63) is 72.9 Å². The Labute approximate surface area is 510 Å². The maximum Gasteiger partial charge on any atom is 0.306 e. The molecule has 0 amide bonds. The highest BCUT2D eigenvalue weighted by atomic mass is 16.6. The number of carbonyl (C=O) groups is 3. The molecule has 0 N–H and O–H groups in total. The van der Waals surface area contributed by atoms with Gasteiger partial charge in [-0.25, -0.2) is 0 Å². The molecule has 0 spiro atoms. The van der Waals surface area contributed by atoms with Crippen LogP contribution < -0.4 is 0 Å². The highest BCUT2D eigenvalue weighted by molar-refractivity contribution is 5.71.